The molecular weight excluding hydrogens is 212 g/mol. The first-order valence-electron chi connectivity index (χ1n) is 4.84. The third kappa shape index (κ3) is 8.18. The molecule has 0 fully saturated rings. The highest BCUT2D eigenvalue weighted by Gasteiger charge is 1.88. The first-order valence-corrected chi connectivity index (χ1v) is 5.21. The molecule has 0 atom stereocenters. The van der Waals surface area contributed by atoms with E-state index in [-0.39, 0.29) is 13.2 Å². The van der Waals surface area contributed by atoms with Crippen LogP contribution in [0.4, 0.5) is 0 Å². The molecule has 1 rings (SSSR count). The van der Waals surface area contributed by atoms with Gasteiger partial charge in [0.2, 0.25) is 0 Å². The summed E-state index contributed by atoms with van der Waals surface area (Å²) in [5.41, 5.74) is 0.985. The van der Waals surface area contributed by atoms with Crippen LogP contribution < -0.4 is 0 Å². The van der Waals surface area contributed by atoms with Crippen LogP contribution in [0.1, 0.15) is 18.4 Å². The van der Waals surface area contributed by atoms with E-state index < -0.39 is 0 Å². The molecule has 15 heavy (non-hydrogen) atoms. The van der Waals surface area contributed by atoms with Gasteiger partial charge in [-0.25, -0.2) is 0 Å². The predicted octanol–water partition coefficient (Wildman–Crippen LogP) is 2.65. The Bertz CT molecular complexity index is 256. The lowest BCUT2D eigenvalue weighted by Crippen LogP contribution is -1.85. The molecule has 0 aromatic heterocycles. The third-order valence-electron chi connectivity index (χ3n) is 1.65. The van der Waals surface area contributed by atoms with Crippen molar-refractivity contribution in [1.82, 2.24) is 0 Å². The maximum atomic E-state index is 8.09. The monoisotopic (exact) mass is 228 g/mol. The summed E-state index contributed by atoms with van der Waals surface area (Å²) in [5, 5.41) is 16.8. The molecule has 2 N–H and O–H groups in total. The van der Waals surface area contributed by atoms with Crippen LogP contribution in [0, 0.1) is 0 Å². The Morgan fingerprint density at radius 3 is 1.80 bits per heavy atom. The summed E-state index contributed by atoms with van der Waals surface area (Å²) in [6, 6.07) is 9.67. The van der Waals surface area contributed by atoms with Crippen molar-refractivity contribution in [3.05, 3.63) is 42.5 Å². The Hall–Kier alpha value is -0.830. The lowest BCUT2D eigenvalue weighted by molar-refractivity contribution is 0.242. The maximum Gasteiger partial charge on any atom is 0.0431 e. The molecule has 0 saturated carbocycles. The Morgan fingerprint density at radius 2 is 1.53 bits per heavy atom. The molecule has 1 aromatic carbocycles. The minimum atomic E-state index is 0.195. The van der Waals surface area contributed by atoms with Gasteiger partial charge >= 0.3 is 0 Å². The Labute approximate surface area is 95.8 Å². The second-order valence-corrected chi connectivity index (χ2v) is 3.38. The van der Waals surface area contributed by atoms with Gasteiger partial charge in [0, 0.05) is 18.2 Å². The molecule has 0 amide bonds. The van der Waals surface area contributed by atoms with E-state index in [9.17, 15) is 0 Å². The van der Waals surface area contributed by atoms with Crippen molar-refractivity contribution in [3.8, 4) is 0 Å². The standard InChI is InChI=1S/C8H7Cl.C4H10O2/c1-7(9)8-5-3-2-4-6-8;5-3-1-2-4-6/h2-6H,1H2;5-6H,1-4H2. The molecule has 3 heteroatoms. The zero-order chi connectivity index (χ0) is 11.5. The SMILES string of the molecule is C=C(Cl)c1ccccc1.OCCCCO. The highest BCUT2D eigenvalue weighted by molar-refractivity contribution is 6.48. The van der Waals surface area contributed by atoms with Crippen molar-refractivity contribution >= 4 is 16.6 Å². The molecule has 84 valence electrons. The van der Waals surface area contributed by atoms with E-state index in [1.54, 1.807) is 0 Å². The van der Waals surface area contributed by atoms with Crippen LogP contribution in [0.15, 0.2) is 36.9 Å². The molecule has 0 radical (unpaired) electrons. The summed E-state index contributed by atoms with van der Waals surface area (Å²) < 4.78 is 0. The second kappa shape index (κ2) is 9.71. The Kier molecular flexibility index (Phi) is 9.18. The maximum absolute atomic E-state index is 8.09. The van der Waals surface area contributed by atoms with Gasteiger partial charge in [0.1, 0.15) is 0 Å². The minimum Gasteiger partial charge on any atom is -0.396 e. The van der Waals surface area contributed by atoms with Crippen molar-refractivity contribution < 1.29 is 10.2 Å². The zero-order valence-corrected chi connectivity index (χ0v) is 9.45. The minimum absolute atomic E-state index is 0.195. The van der Waals surface area contributed by atoms with Crippen molar-refractivity contribution in [2.75, 3.05) is 13.2 Å². The van der Waals surface area contributed by atoms with Gasteiger partial charge < -0.3 is 10.2 Å². The molecule has 0 saturated heterocycles. The average molecular weight is 229 g/mol. The van der Waals surface area contributed by atoms with E-state index in [2.05, 4.69) is 6.58 Å². The van der Waals surface area contributed by atoms with Gasteiger partial charge in [-0.15, -0.1) is 0 Å². The summed E-state index contributed by atoms with van der Waals surface area (Å²) in [7, 11) is 0. The van der Waals surface area contributed by atoms with Crippen molar-refractivity contribution in [1.29, 1.82) is 0 Å². The molecule has 0 spiro atoms. The molecule has 0 unspecified atom stereocenters. The Balaban J connectivity index is 0.000000288. The van der Waals surface area contributed by atoms with E-state index in [1.165, 1.54) is 0 Å². The highest BCUT2D eigenvalue weighted by Crippen LogP contribution is 2.14. The average Bonchev–Trinajstić information content (AvgIpc) is 2.28. The van der Waals surface area contributed by atoms with E-state index >= 15 is 0 Å². The summed E-state index contributed by atoms with van der Waals surface area (Å²) in [5.74, 6) is 0. The fraction of sp³-hybridized carbons (Fsp3) is 0.333. The van der Waals surface area contributed by atoms with Gasteiger partial charge in [0.15, 0.2) is 0 Å². The lowest BCUT2D eigenvalue weighted by atomic mass is 10.2. The quantitative estimate of drug-likeness (QED) is 0.778. The van der Waals surface area contributed by atoms with Crippen LogP contribution in [-0.2, 0) is 0 Å². The fourth-order valence-corrected chi connectivity index (χ4v) is 0.969. The number of benzene rings is 1. The predicted molar refractivity (Wildman–Crippen MR) is 64.7 cm³/mol. The second-order valence-electron chi connectivity index (χ2n) is 2.93. The third-order valence-corrected chi connectivity index (χ3v) is 1.87. The molecular formula is C12H17ClO2. The van der Waals surface area contributed by atoms with Crippen molar-refractivity contribution in [2.24, 2.45) is 0 Å². The summed E-state index contributed by atoms with van der Waals surface area (Å²) in [6.45, 7) is 3.98. The van der Waals surface area contributed by atoms with Crippen LogP contribution in [0.3, 0.4) is 0 Å². The smallest absolute Gasteiger partial charge is 0.0431 e. The van der Waals surface area contributed by atoms with Crippen LogP contribution in [0.2, 0.25) is 0 Å². The fourth-order valence-electron chi connectivity index (χ4n) is 0.843. The molecule has 0 heterocycles. The van der Waals surface area contributed by atoms with Gasteiger partial charge in [-0.05, 0) is 18.4 Å². The van der Waals surface area contributed by atoms with E-state index in [0.29, 0.717) is 5.03 Å². The largest absolute Gasteiger partial charge is 0.396 e. The van der Waals surface area contributed by atoms with Crippen LogP contribution in [0.5, 0.6) is 0 Å². The van der Waals surface area contributed by atoms with Crippen LogP contribution >= 0.6 is 11.6 Å². The number of aliphatic hydroxyl groups excluding tert-OH is 2. The van der Waals surface area contributed by atoms with Gasteiger partial charge in [-0.1, -0.05) is 48.5 Å². The first-order chi connectivity index (χ1) is 7.22. The molecule has 0 aliphatic rings. The number of unbranched alkanes of at least 4 members (excludes halogenated alkanes) is 1. The number of aliphatic hydroxyl groups is 2. The zero-order valence-electron chi connectivity index (χ0n) is 8.69. The van der Waals surface area contributed by atoms with Crippen molar-refractivity contribution in [2.45, 2.75) is 12.8 Å². The Morgan fingerprint density at radius 1 is 1.07 bits per heavy atom. The van der Waals surface area contributed by atoms with Crippen molar-refractivity contribution in [3.63, 3.8) is 0 Å². The van der Waals surface area contributed by atoms with Crippen LogP contribution in [-0.4, -0.2) is 23.4 Å². The summed E-state index contributed by atoms with van der Waals surface area (Å²) in [6.07, 6.45) is 1.44. The topological polar surface area (TPSA) is 40.5 Å². The van der Waals surface area contributed by atoms with Gasteiger partial charge in [0.05, 0.1) is 0 Å². The van der Waals surface area contributed by atoms with Crippen LogP contribution in [0.25, 0.3) is 5.03 Å². The van der Waals surface area contributed by atoms with Gasteiger partial charge in [0.25, 0.3) is 0 Å². The summed E-state index contributed by atoms with van der Waals surface area (Å²) in [4.78, 5) is 0. The normalized spacial score (nSPS) is 9.00. The molecule has 0 aliphatic carbocycles. The van der Waals surface area contributed by atoms with E-state index in [0.717, 1.165) is 18.4 Å². The number of hydrogen-bond donors (Lipinski definition) is 2. The lowest BCUT2D eigenvalue weighted by Gasteiger charge is -1.92. The number of hydrogen-bond acceptors (Lipinski definition) is 2. The number of rotatable bonds is 4. The molecule has 2 nitrogen and oxygen atoms in total. The first kappa shape index (κ1) is 14.2. The highest BCUT2D eigenvalue weighted by atomic mass is 35.5. The van der Waals surface area contributed by atoms with E-state index in [1.807, 2.05) is 30.3 Å². The summed E-state index contributed by atoms with van der Waals surface area (Å²) >= 11 is 5.61. The molecule has 1 aromatic rings. The van der Waals surface area contributed by atoms with Gasteiger partial charge in [-0.3, -0.25) is 0 Å². The molecule has 0 aliphatic heterocycles. The van der Waals surface area contributed by atoms with E-state index in [4.69, 9.17) is 21.8 Å². The molecule has 0 bridgehead atoms. The van der Waals surface area contributed by atoms with Gasteiger partial charge in [-0.2, -0.15) is 0 Å². The number of halogens is 1.